The Morgan fingerprint density at radius 3 is 2.47 bits per heavy atom. The van der Waals surface area contributed by atoms with Crippen LogP contribution >= 0.6 is 11.3 Å². The average molecular weight is 447 g/mol. The van der Waals surface area contributed by atoms with Gasteiger partial charge in [-0.3, -0.25) is 4.79 Å². The molecule has 1 aliphatic heterocycles. The summed E-state index contributed by atoms with van der Waals surface area (Å²) in [5.74, 6) is 0.147. The lowest BCUT2D eigenvalue weighted by Gasteiger charge is -2.20. The van der Waals surface area contributed by atoms with Crippen LogP contribution in [0, 0.1) is 0 Å². The Hall–Kier alpha value is -2.63. The van der Waals surface area contributed by atoms with E-state index in [1.54, 1.807) is 16.4 Å². The van der Waals surface area contributed by atoms with Gasteiger partial charge < -0.3 is 5.32 Å². The largest absolute Gasteiger partial charge is 0.324 e. The van der Waals surface area contributed by atoms with Crippen LogP contribution in [0.25, 0.3) is 10.7 Å². The summed E-state index contributed by atoms with van der Waals surface area (Å²) in [5.41, 5.74) is 0.508. The second-order valence-electron chi connectivity index (χ2n) is 7.01. The fraction of sp³-hybridized carbons (Fsp3) is 0.368. The normalized spacial score (nSPS) is 15.6. The van der Waals surface area contributed by atoms with Crippen molar-refractivity contribution in [3.05, 3.63) is 41.8 Å². The first kappa shape index (κ1) is 20.6. The van der Waals surface area contributed by atoms with E-state index in [9.17, 15) is 13.2 Å². The zero-order valence-corrected chi connectivity index (χ0v) is 17.9. The highest BCUT2D eigenvalue weighted by atomic mass is 32.2. The van der Waals surface area contributed by atoms with Gasteiger partial charge in [0.1, 0.15) is 6.54 Å². The number of carbonyl (C=O) groups excluding carboxylic acids is 1. The standard InChI is InChI=1S/C19H22N6O3S2/c26-18(14-25-22-19(21-23-25)17-6-5-13-29-17)20-15-7-9-16(10-8-15)30(27,28)24-11-3-1-2-4-12-24/h5-10,13H,1-4,11-12,14H2,(H,20,26). The number of sulfonamides is 1. The molecule has 11 heteroatoms. The Balaban J connectivity index is 1.38. The summed E-state index contributed by atoms with van der Waals surface area (Å²) < 4.78 is 27.2. The summed E-state index contributed by atoms with van der Waals surface area (Å²) in [6.45, 7) is 1.02. The number of hydrogen-bond donors (Lipinski definition) is 1. The van der Waals surface area contributed by atoms with Crippen molar-refractivity contribution in [2.24, 2.45) is 0 Å². The third-order valence-corrected chi connectivity index (χ3v) is 7.60. The molecule has 1 amide bonds. The number of aromatic nitrogens is 4. The quantitative estimate of drug-likeness (QED) is 0.623. The lowest BCUT2D eigenvalue weighted by molar-refractivity contribution is -0.117. The zero-order chi connectivity index (χ0) is 21.0. The highest BCUT2D eigenvalue weighted by Gasteiger charge is 2.25. The molecule has 0 bridgehead atoms. The number of hydrogen-bond acceptors (Lipinski definition) is 7. The van der Waals surface area contributed by atoms with Crippen LogP contribution in [0.2, 0.25) is 0 Å². The van der Waals surface area contributed by atoms with Crippen molar-refractivity contribution in [2.45, 2.75) is 37.1 Å². The SMILES string of the molecule is O=C(Cn1nnc(-c2cccs2)n1)Nc1ccc(S(=O)(=O)N2CCCCCC2)cc1. The van der Waals surface area contributed by atoms with E-state index >= 15 is 0 Å². The van der Waals surface area contributed by atoms with E-state index in [1.165, 1.54) is 28.3 Å². The monoisotopic (exact) mass is 446 g/mol. The van der Waals surface area contributed by atoms with Crippen LogP contribution in [0.4, 0.5) is 5.69 Å². The van der Waals surface area contributed by atoms with Crippen molar-refractivity contribution in [1.82, 2.24) is 24.5 Å². The molecule has 158 valence electrons. The number of thiophene rings is 1. The summed E-state index contributed by atoms with van der Waals surface area (Å²) in [6.07, 6.45) is 3.90. The van der Waals surface area contributed by atoms with Gasteiger partial charge in [0.2, 0.25) is 21.8 Å². The molecule has 1 saturated heterocycles. The van der Waals surface area contributed by atoms with Crippen LogP contribution in [0.5, 0.6) is 0 Å². The number of rotatable bonds is 6. The van der Waals surface area contributed by atoms with Crippen molar-refractivity contribution in [3.8, 4) is 10.7 Å². The maximum absolute atomic E-state index is 12.8. The summed E-state index contributed by atoms with van der Waals surface area (Å²) >= 11 is 1.49. The van der Waals surface area contributed by atoms with Crippen LogP contribution in [-0.2, 0) is 21.4 Å². The second kappa shape index (κ2) is 9.02. The molecule has 1 aliphatic rings. The zero-order valence-electron chi connectivity index (χ0n) is 16.3. The van der Waals surface area contributed by atoms with Crippen LogP contribution in [0.1, 0.15) is 25.7 Å². The summed E-state index contributed by atoms with van der Waals surface area (Å²) in [4.78, 5) is 14.6. The molecule has 30 heavy (non-hydrogen) atoms. The van der Waals surface area contributed by atoms with Crippen LogP contribution in [-0.4, -0.2) is 51.9 Å². The Labute approximate surface area is 178 Å². The van der Waals surface area contributed by atoms with E-state index in [4.69, 9.17) is 0 Å². The van der Waals surface area contributed by atoms with Gasteiger partial charge in [-0.25, -0.2) is 8.42 Å². The third-order valence-electron chi connectivity index (χ3n) is 4.82. The highest BCUT2D eigenvalue weighted by Crippen LogP contribution is 2.22. The van der Waals surface area contributed by atoms with Gasteiger partial charge in [-0.1, -0.05) is 18.9 Å². The molecule has 1 N–H and O–H groups in total. The molecular formula is C19H22N6O3S2. The van der Waals surface area contributed by atoms with Gasteiger partial charge in [0.25, 0.3) is 0 Å². The van der Waals surface area contributed by atoms with E-state index < -0.39 is 10.0 Å². The molecular weight excluding hydrogens is 424 g/mol. The molecule has 0 spiro atoms. The molecule has 0 aliphatic carbocycles. The number of amides is 1. The van der Waals surface area contributed by atoms with Gasteiger partial charge in [-0.15, -0.1) is 21.5 Å². The maximum Gasteiger partial charge on any atom is 0.248 e. The van der Waals surface area contributed by atoms with Crippen LogP contribution < -0.4 is 5.32 Å². The smallest absolute Gasteiger partial charge is 0.248 e. The summed E-state index contributed by atoms with van der Waals surface area (Å²) in [5, 5.41) is 16.7. The molecule has 4 rings (SSSR count). The Kier molecular flexibility index (Phi) is 6.21. The highest BCUT2D eigenvalue weighted by molar-refractivity contribution is 7.89. The third kappa shape index (κ3) is 4.74. The van der Waals surface area contributed by atoms with Crippen molar-refractivity contribution in [3.63, 3.8) is 0 Å². The number of anilines is 1. The Bertz CT molecular complexity index is 1090. The second-order valence-corrected chi connectivity index (χ2v) is 9.90. The molecule has 3 aromatic rings. The fourth-order valence-corrected chi connectivity index (χ4v) is 5.45. The van der Waals surface area contributed by atoms with E-state index in [0.717, 1.165) is 30.6 Å². The van der Waals surface area contributed by atoms with Crippen molar-refractivity contribution in [2.75, 3.05) is 18.4 Å². The molecule has 1 fully saturated rings. The topological polar surface area (TPSA) is 110 Å². The predicted octanol–water partition coefficient (Wildman–Crippen LogP) is 2.61. The fourth-order valence-electron chi connectivity index (χ4n) is 3.28. The number of nitrogens with zero attached hydrogens (tertiary/aromatic N) is 5. The first-order valence-electron chi connectivity index (χ1n) is 9.74. The molecule has 2 aromatic heterocycles. The molecule has 0 saturated carbocycles. The summed E-state index contributed by atoms with van der Waals surface area (Å²) in [6, 6.07) is 10.0. The summed E-state index contributed by atoms with van der Waals surface area (Å²) in [7, 11) is -3.51. The number of benzene rings is 1. The van der Waals surface area contributed by atoms with Gasteiger partial charge in [0.15, 0.2) is 0 Å². The number of tetrazole rings is 1. The number of nitrogens with one attached hydrogen (secondary N) is 1. The van der Waals surface area contributed by atoms with Gasteiger partial charge in [0, 0.05) is 18.8 Å². The minimum atomic E-state index is -3.51. The van der Waals surface area contributed by atoms with Crippen LogP contribution in [0.15, 0.2) is 46.7 Å². The average Bonchev–Trinajstić information content (AvgIpc) is 3.34. The van der Waals surface area contributed by atoms with Crippen molar-refractivity contribution < 1.29 is 13.2 Å². The van der Waals surface area contributed by atoms with Gasteiger partial charge in [-0.05, 0) is 53.8 Å². The molecule has 9 nitrogen and oxygen atoms in total. The molecule has 0 unspecified atom stereocenters. The molecule has 0 radical (unpaired) electrons. The van der Waals surface area contributed by atoms with E-state index in [2.05, 4.69) is 20.7 Å². The van der Waals surface area contributed by atoms with Crippen molar-refractivity contribution >= 4 is 33.0 Å². The van der Waals surface area contributed by atoms with Gasteiger partial charge in [0.05, 0.1) is 9.77 Å². The Morgan fingerprint density at radius 1 is 1.07 bits per heavy atom. The van der Waals surface area contributed by atoms with E-state index in [1.807, 2.05) is 17.5 Å². The predicted molar refractivity (Wildman–Crippen MR) is 113 cm³/mol. The maximum atomic E-state index is 12.8. The molecule has 0 atom stereocenters. The first-order chi connectivity index (χ1) is 14.5. The lowest BCUT2D eigenvalue weighted by atomic mass is 10.2. The first-order valence-corrected chi connectivity index (χ1v) is 12.1. The molecule has 1 aromatic carbocycles. The number of carbonyl (C=O) groups is 1. The van der Waals surface area contributed by atoms with Gasteiger partial charge in [-0.2, -0.15) is 9.10 Å². The van der Waals surface area contributed by atoms with Gasteiger partial charge >= 0.3 is 0 Å². The van der Waals surface area contributed by atoms with Crippen molar-refractivity contribution in [1.29, 1.82) is 0 Å². The lowest BCUT2D eigenvalue weighted by Crippen LogP contribution is -2.31. The Morgan fingerprint density at radius 2 is 1.80 bits per heavy atom. The minimum Gasteiger partial charge on any atom is -0.324 e. The van der Waals surface area contributed by atoms with E-state index in [0.29, 0.717) is 24.6 Å². The molecule has 3 heterocycles. The van der Waals surface area contributed by atoms with Crippen LogP contribution in [0.3, 0.4) is 0 Å². The van der Waals surface area contributed by atoms with E-state index in [-0.39, 0.29) is 17.3 Å². The minimum absolute atomic E-state index is 0.0911.